The van der Waals surface area contributed by atoms with Gasteiger partial charge < -0.3 is 14.5 Å². The number of likely N-dealkylation sites (N-methyl/N-ethyl adjacent to an activating group) is 1. The fourth-order valence-corrected chi connectivity index (χ4v) is 4.06. The van der Waals surface area contributed by atoms with Gasteiger partial charge in [0.2, 0.25) is 0 Å². The number of nitrogens with one attached hydrogen (secondary N) is 1. The maximum Gasteiger partial charge on any atom is 0.343 e. The molecule has 6 nitrogen and oxygen atoms in total. The van der Waals surface area contributed by atoms with E-state index in [1.807, 2.05) is 18.2 Å². The van der Waals surface area contributed by atoms with E-state index in [2.05, 4.69) is 11.9 Å². The number of rotatable bonds is 3. The molecule has 136 valence electrons. The van der Waals surface area contributed by atoms with E-state index in [0.29, 0.717) is 16.9 Å². The van der Waals surface area contributed by atoms with Crippen molar-refractivity contribution < 1.29 is 14.4 Å². The molecule has 0 unspecified atom stereocenters. The van der Waals surface area contributed by atoms with Crippen molar-refractivity contribution in [1.29, 1.82) is 5.26 Å². The smallest absolute Gasteiger partial charge is 0.343 e. The minimum absolute atomic E-state index is 0.416. The first kappa shape index (κ1) is 17.5. The van der Waals surface area contributed by atoms with Crippen molar-refractivity contribution in [2.75, 3.05) is 38.1 Å². The van der Waals surface area contributed by atoms with Crippen molar-refractivity contribution >= 4 is 32.7 Å². The molecule has 2 aromatic carbocycles. The number of ether oxygens (including phenoxy) is 1. The Morgan fingerprint density at radius 3 is 2.67 bits per heavy atom. The predicted molar refractivity (Wildman–Crippen MR) is 105 cm³/mol. The molecule has 2 heterocycles. The van der Waals surface area contributed by atoms with Crippen LogP contribution in [0.1, 0.15) is 15.9 Å². The third-order valence-corrected chi connectivity index (χ3v) is 5.78. The first-order chi connectivity index (χ1) is 13.1. The van der Waals surface area contributed by atoms with Crippen molar-refractivity contribution in [3.63, 3.8) is 0 Å². The van der Waals surface area contributed by atoms with Crippen LogP contribution < -0.4 is 14.5 Å². The molecule has 1 fully saturated rings. The molecule has 1 saturated heterocycles. The molecule has 1 N–H and O–H groups in total. The second kappa shape index (κ2) is 7.35. The Labute approximate surface area is 161 Å². The van der Waals surface area contributed by atoms with Crippen molar-refractivity contribution in [2.24, 2.45) is 0 Å². The number of nitrogens with zero attached hydrogens (tertiary/aromatic N) is 3. The first-order valence-electron chi connectivity index (χ1n) is 8.81. The molecule has 27 heavy (non-hydrogen) atoms. The molecule has 1 aliphatic rings. The summed E-state index contributed by atoms with van der Waals surface area (Å²) in [5.41, 5.74) is 1.84. The number of carbonyl (C=O) groups excluding carboxylic acids is 1. The number of piperazine rings is 1. The number of benzene rings is 2. The fourth-order valence-electron chi connectivity index (χ4n) is 3.02. The van der Waals surface area contributed by atoms with E-state index in [1.54, 1.807) is 46.6 Å². The summed E-state index contributed by atoms with van der Waals surface area (Å²) in [6, 6.07) is 13.9. The quantitative estimate of drug-likeness (QED) is 0.554. The lowest BCUT2D eigenvalue weighted by molar-refractivity contribution is -0.880. The summed E-state index contributed by atoms with van der Waals surface area (Å²) in [5.74, 6) is 0.0560. The van der Waals surface area contributed by atoms with Gasteiger partial charge in [-0.25, -0.2) is 9.78 Å². The molecule has 0 saturated carbocycles. The van der Waals surface area contributed by atoms with Crippen molar-refractivity contribution in [3.05, 3.63) is 53.6 Å². The molecule has 0 amide bonds. The monoisotopic (exact) mass is 379 g/mol. The molecular formula is C20H19N4O2S+. The molecule has 0 bridgehead atoms. The molecule has 0 aliphatic carbocycles. The molecule has 4 rings (SSSR count). The van der Waals surface area contributed by atoms with Crippen molar-refractivity contribution in [1.82, 2.24) is 4.98 Å². The lowest BCUT2D eigenvalue weighted by Gasteiger charge is -2.29. The van der Waals surface area contributed by atoms with E-state index in [4.69, 9.17) is 15.0 Å². The van der Waals surface area contributed by atoms with Crippen LogP contribution in [0.4, 0.5) is 5.13 Å². The first-order valence-corrected chi connectivity index (χ1v) is 9.63. The second-order valence-corrected chi connectivity index (χ2v) is 7.66. The van der Waals surface area contributed by atoms with Crippen molar-refractivity contribution in [3.8, 4) is 11.8 Å². The highest BCUT2D eigenvalue weighted by atomic mass is 32.1. The van der Waals surface area contributed by atoms with Gasteiger partial charge in [0.25, 0.3) is 0 Å². The van der Waals surface area contributed by atoms with E-state index >= 15 is 0 Å². The van der Waals surface area contributed by atoms with Gasteiger partial charge in [0, 0.05) is 6.07 Å². The van der Waals surface area contributed by atoms with Crippen molar-refractivity contribution in [2.45, 2.75) is 0 Å². The van der Waals surface area contributed by atoms with Crippen LogP contribution in [0.15, 0.2) is 42.5 Å². The summed E-state index contributed by atoms with van der Waals surface area (Å²) in [7, 11) is 2.21. The molecule has 0 radical (unpaired) electrons. The maximum atomic E-state index is 12.3. The third-order valence-electron chi connectivity index (χ3n) is 4.70. The lowest BCUT2D eigenvalue weighted by atomic mass is 10.1. The highest BCUT2D eigenvalue weighted by Gasteiger charge is 2.20. The number of anilines is 1. The van der Waals surface area contributed by atoms with Crippen LogP contribution in [0.3, 0.4) is 0 Å². The summed E-state index contributed by atoms with van der Waals surface area (Å²) in [6.07, 6.45) is 0. The Bertz CT molecular complexity index is 1010. The van der Waals surface area contributed by atoms with Gasteiger partial charge in [-0.1, -0.05) is 11.3 Å². The molecule has 7 heteroatoms. The van der Waals surface area contributed by atoms with Gasteiger partial charge >= 0.3 is 5.97 Å². The van der Waals surface area contributed by atoms with Gasteiger partial charge in [0.15, 0.2) is 5.13 Å². The Morgan fingerprint density at radius 2 is 1.96 bits per heavy atom. The van der Waals surface area contributed by atoms with Crippen LogP contribution in [-0.4, -0.2) is 44.2 Å². The van der Waals surface area contributed by atoms with Gasteiger partial charge in [-0.2, -0.15) is 5.26 Å². The van der Waals surface area contributed by atoms with Gasteiger partial charge in [0.05, 0.1) is 60.6 Å². The SMILES string of the molecule is C[NH+]1CCN(c2nc3ccc(OC(=O)c4ccc(C#N)cc4)cc3s2)CC1. The minimum Gasteiger partial charge on any atom is -0.423 e. The third kappa shape index (κ3) is 3.77. The van der Waals surface area contributed by atoms with E-state index in [-0.39, 0.29) is 0 Å². The predicted octanol–water partition coefficient (Wildman–Crippen LogP) is 1.72. The highest BCUT2D eigenvalue weighted by Crippen LogP contribution is 2.31. The van der Waals surface area contributed by atoms with Crippen LogP contribution in [0, 0.1) is 11.3 Å². The second-order valence-electron chi connectivity index (χ2n) is 6.65. The van der Waals surface area contributed by atoms with E-state index in [9.17, 15) is 4.79 Å². The van der Waals surface area contributed by atoms with Crippen LogP contribution in [0.25, 0.3) is 10.2 Å². The van der Waals surface area contributed by atoms with E-state index < -0.39 is 5.97 Å². The molecule has 0 atom stereocenters. The lowest BCUT2D eigenvalue weighted by Crippen LogP contribution is -3.12. The van der Waals surface area contributed by atoms with E-state index in [1.165, 1.54) is 0 Å². The number of quaternary nitrogens is 1. The standard InChI is InChI=1S/C20H18N4O2S/c1-23-8-10-24(11-9-23)20-22-17-7-6-16(12-18(17)27-20)26-19(25)15-4-2-14(13-21)3-5-15/h2-7,12H,8-11H2,1H3/p+1. The Morgan fingerprint density at radius 1 is 1.22 bits per heavy atom. The average Bonchev–Trinajstić information content (AvgIpc) is 3.12. The topological polar surface area (TPSA) is 70.7 Å². The summed E-state index contributed by atoms with van der Waals surface area (Å²) in [6.45, 7) is 4.24. The number of thiazole rings is 1. The summed E-state index contributed by atoms with van der Waals surface area (Å²) in [4.78, 5) is 20.9. The number of aromatic nitrogens is 1. The molecule has 0 spiro atoms. The Hall–Kier alpha value is -2.95. The highest BCUT2D eigenvalue weighted by molar-refractivity contribution is 7.22. The molecule has 1 aliphatic heterocycles. The maximum absolute atomic E-state index is 12.3. The summed E-state index contributed by atoms with van der Waals surface area (Å²) < 4.78 is 6.49. The Kier molecular flexibility index (Phi) is 4.75. The average molecular weight is 379 g/mol. The summed E-state index contributed by atoms with van der Waals surface area (Å²) in [5, 5.41) is 9.86. The van der Waals surface area contributed by atoms with Crippen LogP contribution in [-0.2, 0) is 0 Å². The number of hydrogen-bond donors (Lipinski definition) is 1. The Balaban J connectivity index is 1.51. The van der Waals surface area contributed by atoms with Crippen LogP contribution >= 0.6 is 11.3 Å². The van der Waals surface area contributed by atoms with E-state index in [0.717, 1.165) is 41.5 Å². The summed E-state index contributed by atoms with van der Waals surface area (Å²) >= 11 is 1.63. The zero-order valence-corrected chi connectivity index (χ0v) is 15.8. The minimum atomic E-state index is -0.439. The number of carbonyl (C=O) groups is 1. The molecular weight excluding hydrogens is 360 g/mol. The zero-order chi connectivity index (χ0) is 18.8. The van der Waals surface area contributed by atoms with Gasteiger partial charge in [-0.05, 0) is 36.4 Å². The van der Waals surface area contributed by atoms with Gasteiger partial charge in [-0.15, -0.1) is 0 Å². The largest absolute Gasteiger partial charge is 0.423 e. The zero-order valence-electron chi connectivity index (χ0n) is 14.9. The van der Waals surface area contributed by atoms with Gasteiger partial charge in [-0.3, -0.25) is 0 Å². The normalized spacial score (nSPS) is 14.9. The van der Waals surface area contributed by atoms with Crippen LogP contribution in [0.2, 0.25) is 0 Å². The molecule has 1 aromatic heterocycles. The number of hydrogen-bond acceptors (Lipinski definition) is 6. The van der Waals surface area contributed by atoms with Gasteiger partial charge in [0.1, 0.15) is 5.75 Å². The number of nitriles is 1. The fraction of sp³-hybridized carbons (Fsp3) is 0.250. The number of esters is 1. The number of fused-ring (bicyclic) bond motifs is 1. The molecule has 3 aromatic rings. The van der Waals surface area contributed by atoms with Crippen LogP contribution in [0.5, 0.6) is 5.75 Å².